The minimum absolute atomic E-state index is 0. The van der Waals surface area contributed by atoms with Crippen LogP contribution in [0, 0.1) is 5.92 Å². The first kappa shape index (κ1) is 20.5. The highest BCUT2D eigenvalue weighted by Crippen LogP contribution is 2.23. The number of carbonyl (C=O) groups is 1. The van der Waals surface area contributed by atoms with E-state index in [-0.39, 0.29) is 24.2 Å². The summed E-state index contributed by atoms with van der Waals surface area (Å²) in [5.41, 5.74) is 7.88. The quantitative estimate of drug-likeness (QED) is 0.672. The van der Waals surface area contributed by atoms with E-state index in [1.54, 1.807) is 30.6 Å². The van der Waals surface area contributed by atoms with Gasteiger partial charge in [0.15, 0.2) is 0 Å². The van der Waals surface area contributed by atoms with Crippen molar-refractivity contribution in [3.8, 4) is 11.4 Å². The number of nitrogens with one attached hydrogen (secondary N) is 1. The molecule has 0 bridgehead atoms. The zero-order valence-corrected chi connectivity index (χ0v) is 15.9. The molecule has 1 unspecified atom stereocenters. The van der Waals surface area contributed by atoms with E-state index >= 15 is 0 Å². The van der Waals surface area contributed by atoms with Crippen molar-refractivity contribution in [2.45, 2.75) is 26.4 Å². The van der Waals surface area contributed by atoms with Gasteiger partial charge in [-0.3, -0.25) is 9.78 Å². The van der Waals surface area contributed by atoms with E-state index in [4.69, 9.17) is 10.3 Å². The van der Waals surface area contributed by atoms with E-state index in [1.807, 2.05) is 32.0 Å². The first-order valence-corrected chi connectivity index (χ1v) is 8.42. The van der Waals surface area contributed by atoms with Crippen LogP contribution in [0.3, 0.4) is 0 Å². The maximum Gasteiger partial charge on any atom is 0.251 e. The van der Waals surface area contributed by atoms with Crippen molar-refractivity contribution in [2.75, 3.05) is 0 Å². The van der Waals surface area contributed by atoms with E-state index in [1.165, 1.54) is 0 Å². The highest BCUT2D eigenvalue weighted by molar-refractivity contribution is 5.94. The number of benzene rings is 1. The number of rotatable bonds is 6. The lowest BCUT2D eigenvalue weighted by molar-refractivity contribution is 0.0914. The number of aromatic nitrogens is 3. The first-order chi connectivity index (χ1) is 12.6. The topological polar surface area (TPSA) is 107 Å². The van der Waals surface area contributed by atoms with Gasteiger partial charge in [-0.2, -0.15) is 4.98 Å². The van der Waals surface area contributed by atoms with Gasteiger partial charge in [-0.25, -0.2) is 0 Å². The lowest BCUT2D eigenvalue weighted by Gasteiger charge is -2.18. The molecule has 0 radical (unpaired) electrons. The van der Waals surface area contributed by atoms with Gasteiger partial charge in [0.2, 0.25) is 11.7 Å². The maximum absolute atomic E-state index is 12.6. The van der Waals surface area contributed by atoms with Crippen LogP contribution in [-0.2, 0) is 6.54 Å². The number of nitrogens with two attached hydrogens (primary N) is 1. The predicted octanol–water partition coefficient (Wildman–Crippen LogP) is 3.14. The summed E-state index contributed by atoms with van der Waals surface area (Å²) < 4.78 is 5.40. The Hall–Kier alpha value is -2.77. The van der Waals surface area contributed by atoms with Crippen LogP contribution in [0.2, 0.25) is 0 Å². The average molecular weight is 388 g/mol. The number of carbonyl (C=O) groups excluding carboxylic acids is 1. The molecule has 0 aliphatic rings. The minimum Gasteiger partial charge on any atom is -0.340 e. The Balaban J connectivity index is 0.00000261. The zero-order valence-electron chi connectivity index (χ0n) is 15.1. The second kappa shape index (κ2) is 9.25. The third-order valence-electron chi connectivity index (χ3n) is 4.03. The van der Waals surface area contributed by atoms with Crippen LogP contribution in [0.1, 0.15) is 41.7 Å². The summed E-state index contributed by atoms with van der Waals surface area (Å²) in [7, 11) is 0. The zero-order chi connectivity index (χ0) is 18.5. The van der Waals surface area contributed by atoms with Crippen molar-refractivity contribution in [2.24, 2.45) is 11.7 Å². The smallest absolute Gasteiger partial charge is 0.251 e. The van der Waals surface area contributed by atoms with Gasteiger partial charge in [-0.05, 0) is 35.7 Å². The maximum atomic E-state index is 12.6. The Bertz CT molecular complexity index is 865. The molecule has 3 N–H and O–H groups in total. The van der Waals surface area contributed by atoms with Gasteiger partial charge in [0, 0.05) is 30.1 Å². The molecular formula is C19H22ClN5O2. The standard InChI is InChI=1S/C19H21N5O2.ClH/c1-12(2)16(22-18(25)14-7-5-13(10-20)6-8-14)19-23-17(24-26-19)15-4-3-9-21-11-15;/h3-9,11-12,16H,10,20H2,1-2H3,(H,22,25);1H. The van der Waals surface area contributed by atoms with Gasteiger partial charge in [-0.1, -0.05) is 31.1 Å². The summed E-state index contributed by atoms with van der Waals surface area (Å²) in [4.78, 5) is 21.0. The number of hydrogen-bond acceptors (Lipinski definition) is 6. The average Bonchev–Trinajstić information content (AvgIpc) is 3.16. The number of pyridine rings is 1. The summed E-state index contributed by atoms with van der Waals surface area (Å²) in [6, 6.07) is 10.4. The van der Waals surface area contributed by atoms with Crippen LogP contribution >= 0.6 is 12.4 Å². The molecule has 3 aromatic rings. The van der Waals surface area contributed by atoms with E-state index in [0.717, 1.165) is 11.1 Å². The van der Waals surface area contributed by atoms with E-state index in [0.29, 0.717) is 23.8 Å². The molecule has 0 saturated carbocycles. The van der Waals surface area contributed by atoms with Crippen LogP contribution in [0.25, 0.3) is 11.4 Å². The molecule has 0 aliphatic carbocycles. The SMILES string of the molecule is CC(C)C(NC(=O)c1ccc(CN)cc1)c1nc(-c2cccnc2)no1.Cl. The summed E-state index contributed by atoms with van der Waals surface area (Å²) in [5.74, 6) is 0.684. The highest BCUT2D eigenvalue weighted by Gasteiger charge is 2.25. The Morgan fingerprint density at radius 1 is 1.22 bits per heavy atom. The van der Waals surface area contributed by atoms with E-state index in [2.05, 4.69) is 20.4 Å². The van der Waals surface area contributed by atoms with Crippen molar-refractivity contribution in [3.63, 3.8) is 0 Å². The Kier molecular flexibility index (Phi) is 7.04. The summed E-state index contributed by atoms with van der Waals surface area (Å²) in [6.45, 7) is 4.41. The number of hydrogen-bond donors (Lipinski definition) is 2. The normalized spacial score (nSPS) is 11.7. The Morgan fingerprint density at radius 2 is 1.96 bits per heavy atom. The summed E-state index contributed by atoms with van der Waals surface area (Å²) in [5, 5.41) is 6.97. The van der Waals surface area contributed by atoms with Crippen LogP contribution < -0.4 is 11.1 Å². The molecule has 7 nitrogen and oxygen atoms in total. The Morgan fingerprint density at radius 3 is 2.56 bits per heavy atom. The minimum atomic E-state index is -0.394. The molecule has 2 heterocycles. The van der Waals surface area contributed by atoms with Gasteiger partial charge < -0.3 is 15.6 Å². The van der Waals surface area contributed by atoms with Gasteiger partial charge in [0.25, 0.3) is 5.91 Å². The molecule has 3 rings (SSSR count). The first-order valence-electron chi connectivity index (χ1n) is 8.42. The molecule has 0 spiro atoms. The fourth-order valence-electron chi connectivity index (χ4n) is 2.50. The van der Waals surface area contributed by atoms with Gasteiger partial charge in [0.1, 0.15) is 6.04 Å². The number of halogens is 1. The highest BCUT2D eigenvalue weighted by atomic mass is 35.5. The molecule has 1 atom stereocenters. The number of amides is 1. The van der Waals surface area contributed by atoms with Crippen molar-refractivity contribution in [1.29, 1.82) is 0 Å². The molecule has 27 heavy (non-hydrogen) atoms. The fourth-order valence-corrected chi connectivity index (χ4v) is 2.50. The van der Waals surface area contributed by atoms with Crippen LogP contribution in [0.4, 0.5) is 0 Å². The molecule has 2 aromatic heterocycles. The van der Waals surface area contributed by atoms with E-state index < -0.39 is 6.04 Å². The van der Waals surface area contributed by atoms with Crippen molar-refractivity contribution in [3.05, 3.63) is 65.8 Å². The number of nitrogens with zero attached hydrogens (tertiary/aromatic N) is 3. The van der Waals surface area contributed by atoms with Crippen LogP contribution in [0.5, 0.6) is 0 Å². The second-order valence-corrected chi connectivity index (χ2v) is 6.29. The van der Waals surface area contributed by atoms with Gasteiger partial charge >= 0.3 is 0 Å². The summed E-state index contributed by atoms with van der Waals surface area (Å²) in [6.07, 6.45) is 3.34. The van der Waals surface area contributed by atoms with Gasteiger partial charge in [-0.15, -0.1) is 12.4 Å². The molecule has 0 fully saturated rings. The summed E-state index contributed by atoms with van der Waals surface area (Å²) >= 11 is 0. The molecule has 1 amide bonds. The van der Waals surface area contributed by atoms with Crippen molar-refractivity contribution >= 4 is 18.3 Å². The van der Waals surface area contributed by atoms with Crippen molar-refractivity contribution < 1.29 is 9.32 Å². The molecule has 0 saturated heterocycles. The van der Waals surface area contributed by atoms with E-state index in [9.17, 15) is 4.79 Å². The lowest BCUT2D eigenvalue weighted by Crippen LogP contribution is -2.32. The van der Waals surface area contributed by atoms with Gasteiger partial charge in [0.05, 0.1) is 0 Å². The Labute approximate surface area is 163 Å². The monoisotopic (exact) mass is 387 g/mol. The molecule has 1 aromatic carbocycles. The molecule has 142 valence electrons. The van der Waals surface area contributed by atoms with Crippen LogP contribution in [-0.4, -0.2) is 21.0 Å². The predicted molar refractivity (Wildman–Crippen MR) is 104 cm³/mol. The van der Waals surface area contributed by atoms with Crippen molar-refractivity contribution in [1.82, 2.24) is 20.4 Å². The molecule has 8 heteroatoms. The largest absolute Gasteiger partial charge is 0.340 e. The fraction of sp³-hybridized carbons (Fsp3) is 0.263. The van der Waals surface area contributed by atoms with Crippen LogP contribution in [0.15, 0.2) is 53.3 Å². The third-order valence-corrected chi connectivity index (χ3v) is 4.03. The molecule has 0 aliphatic heterocycles. The third kappa shape index (κ3) is 4.90. The second-order valence-electron chi connectivity index (χ2n) is 6.29. The lowest BCUT2D eigenvalue weighted by atomic mass is 10.0. The molecular weight excluding hydrogens is 366 g/mol.